The Morgan fingerprint density at radius 1 is 1.28 bits per heavy atom. The van der Waals surface area contributed by atoms with Gasteiger partial charge in [0.25, 0.3) is 0 Å². The minimum atomic E-state index is 0.216. The maximum atomic E-state index is 5.92. The molecular formula is C11H15BrClN5. The second-order valence-corrected chi connectivity index (χ2v) is 5.61. The van der Waals surface area contributed by atoms with E-state index in [4.69, 9.17) is 11.6 Å². The summed E-state index contributed by atoms with van der Waals surface area (Å²) >= 11 is 9.20. The van der Waals surface area contributed by atoms with Crippen molar-refractivity contribution >= 4 is 39.4 Å². The summed E-state index contributed by atoms with van der Waals surface area (Å²) in [6.07, 6.45) is 3.61. The van der Waals surface area contributed by atoms with E-state index in [1.54, 1.807) is 0 Å². The van der Waals surface area contributed by atoms with E-state index >= 15 is 0 Å². The van der Waals surface area contributed by atoms with Crippen LogP contribution < -0.4 is 10.2 Å². The monoisotopic (exact) mass is 331 g/mol. The van der Waals surface area contributed by atoms with Crippen molar-refractivity contribution in [2.75, 3.05) is 29.9 Å². The summed E-state index contributed by atoms with van der Waals surface area (Å²) in [7, 11) is 0. The van der Waals surface area contributed by atoms with Crippen LogP contribution in [0.2, 0.25) is 5.28 Å². The molecule has 0 atom stereocenters. The molecule has 18 heavy (non-hydrogen) atoms. The van der Waals surface area contributed by atoms with Gasteiger partial charge in [0.2, 0.25) is 17.2 Å². The van der Waals surface area contributed by atoms with E-state index in [1.165, 1.54) is 19.3 Å². The number of hydrogen-bond donors (Lipinski definition) is 1. The molecule has 0 amide bonds. The third-order valence-corrected chi connectivity index (χ3v) is 3.12. The summed E-state index contributed by atoms with van der Waals surface area (Å²) in [6.45, 7) is 6.25. The molecule has 0 bridgehead atoms. The molecule has 1 saturated heterocycles. The van der Waals surface area contributed by atoms with Gasteiger partial charge in [0, 0.05) is 24.1 Å². The van der Waals surface area contributed by atoms with Crippen LogP contribution in [0.15, 0.2) is 11.1 Å². The quantitative estimate of drug-likeness (QED) is 0.919. The van der Waals surface area contributed by atoms with E-state index in [9.17, 15) is 0 Å². The molecule has 0 spiro atoms. The molecule has 1 aliphatic heterocycles. The van der Waals surface area contributed by atoms with Crippen molar-refractivity contribution in [2.45, 2.75) is 19.3 Å². The Hall–Kier alpha value is -0.880. The molecule has 5 nitrogen and oxygen atoms in total. The van der Waals surface area contributed by atoms with Crippen LogP contribution in [0.5, 0.6) is 0 Å². The second kappa shape index (κ2) is 6.33. The van der Waals surface area contributed by atoms with Gasteiger partial charge in [0.1, 0.15) is 0 Å². The largest absolute Gasteiger partial charge is 0.349 e. The van der Waals surface area contributed by atoms with Gasteiger partial charge >= 0.3 is 0 Å². The maximum Gasteiger partial charge on any atom is 0.231 e. The van der Waals surface area contributed by atoms with Crippen molar-refractivity contribution in [3.8, 4) is 0 Å². The van der Waals surface area contributed by atoms with E-state index in [-0.39, 0.29) is 5.28 Å². The van der Waals surface area contributed by atoms with Crippen LogP contribution in [0.4, 0.5) is 11.9 Å². The highest BCUT2D eigenvalue weighted by Gasteiger charge is 2.15. The molecule has 1 aromatic heterocycles. The number of aromatic nitrogens is 3. The van der Waals surface area contributed by atoms with Gasteiger partial charge in [-0.15, -0.1) is 0 Å². The third-order valence-electron chi connectivity index (χ3n) is 2.67. The first-order chi connectivity index (χ1) is 8.65. The molecule has 7 heteroatoms. The van der Waals surface area contributed by atoms with Gasteiger partial charge in [-0.1, -0.05) is 22.5 Å². The third kappa shape index (κ3) is 3.81. The normalized spacial score (nSPS) is 15.6. The molecule has 2 rings (SSSR count). The van der Waals surface area contributed by atoms with Gasteiger partial charge in [-0.2, -0.15) is 15.0 Å². The fourth-order valence-corrected chi connectivity index (χ4v) is 2.12. The van der Waals surface area contributed by atoms with Crippen molar-refractivity contribution < 1.29 is 0 Å². The molecule has 0 aromatic carbocycles. The molecule has 98 valence electrons. The Labute approximate surface area is 120 Å². The lowest BCUT2D eigenvalue weighted by Gasteiger charge is -2.26. The Morgan fingerprint density at radius 2 is 2.00 bits per heavy atom. The Balaban J connectivity index is 2.12. The number of nitrogens with zero attached hydrogens (tertiary/aromatic N) is 4. The summed E-state index contributed by atoms with van der Waals surface area (Å²) in [6, 6.07) is 0. The standard InChI is InChI=1S/C11H15BrClN5/c1-8(12)7-14-10-15-9(13)16-11(17-10)18-5-3-2-4-6-18/h1-7H2,(H,14,15,16,17). The fraction of sp³-hybridized carbons (Fsp3) is 0.545. The summed E-state index contributed by atoms with van der Waals surface area (Å²) in [5, 5.41) is 3.26. The van der Waals surface area contributed by atoms with Crippen molar-refractivity contribution in [3.63, 3.8) is 0 Å². The molecule has 1 N–H and O–H groups in total. The average Bonchev–Trinajstić information content (AvgIpc) is 2.37. The average molecular weight is 333 g/mol. The van der Waals surface area contributed by atoms with Crippen molar-refractivity contribution in [2.24, 2.45) is 0 Å². The van der Waals surface area contributed by atoms with Gasteiger partial charge in [0.15, 0.2) is 0 Å². The lowest BCUT2D eigenvalue weighted by molar-refractivity contribution is 0.567. The molecule has 0 aliphatic carbocycles. The van der Waals surface area contributed by atoms with Gasteiger partial charge in [-0.25, -0.2) is 0 Å². The van der Waals surface area contributed by atoms with E-state index in [0.29, 0.717) is 18.4 Å². The van der Waals surface area contributed by atoms with Gasteiger partial charge in [-0.05, 0) is 30.9 Å². The zero-order valence-corrected chi connectivity index (χ0v) is 12.3. The first-order valence-corrected chi connectivity index (χ1v) is 7.06. The van der Waals surface area contributed by atoms with Crippen LogP contribution in [0.1, 0.15) is 19.3 Å². The van der Waals surface area contributed by atoms with Crippen LogP contribution in [-0.2, 0) is 0 Å². The number of anilines is 2. The van der Waals surface area contributed by atoms with Gasteiger partial charge < -0.3 is 10.2 Å². The first-order valence-electron chi connectivity index (χ1n) is 5.89. The molecule has 0 radical (unpaired) electrons. The summed E-state index contributed by atoms with van der Waals surface area (Å²) < 4.78 is 0.832. The highest BCUT2D eigenvalue weighted by molar-refractivity contribution is 9.11. The zero-order valence-electron chi connectivity index (χ0n) is 9.99. The smallest absolute Gasteiger partial charge is 0.231 e. The second-order valence-electron chi connectivity index (χ2n) is 4.15. The fourth-order valence-electron chi connectivity index (χ4n) is 1.83. The molecule has 0 saturated carbocycles. The summed E-state index contributed by atoms with van der Waals surface area (Å²) in [5.41, 5.74) is 0. The van der Waals surface area contributed by atoms with Crippen molar-refractivity contribution in [1.29, 1.82) is 0 Å². The number of halogens is 2. The SMILES string of the molecule is C=C(Br)CNc1nc(Cl)nc(N2CCCCC2)n1. The van der Waals surface area contributed by atoms with E-state index in [2.05, 4.69) is 47.7 Å². The van der Waals surface area contributed by atoms with Crippen LogP contribution in [-0.4, -0.2) is 34.6 Å². The van der Waals surface area contributed by atoms with E-state index < -0.39 is 0 Å². The molecule has 1 aliphatic rings. The van der Waals surface area contributed by atoms with Crippen molar-refractivity contribution in [1.82, 2.24) is 15.0 Å². The highest BCUT2D eigenvalue weighted by Crippen LogP contribution is 2.18. The Kier molecular flexibility index (Phi) is 4.77. The predicted octanol–water partition coefficient (Wildman–Crippen LogP) is 2.84. The summed E-state index contributed by atoms with van der Waals surface area (Å²) in [5.74, 6) is 1.13. The predicted molar refractivity (Wildman–Crippen MR) is 77.5 cm³/mol. The molecule has 1 fully saturated rings. The number of piperidine rings is 1. The van der Waals surface area contributed by atoms with E-state index in [1.807, 2.05) is 0 Å². The lowest BCUT2D eigenvalue weighted by Crippen LogP contribution is -2.31. The van der Waals surface area contributed by atoms with Crippen molar-refractivity contribution in [3.05, 3.63) is 16.3 Å². The Morgan fingerprint density at radius 3 is 2.67 bits per heavy atom. The minimum absolute atomic E-state index is 0.216. The maximum absolute atomic E-state index is 5.92. The van der Waals surface area contributed by atoms with Gasteiger partial charge in [0.05, 0.1) is 0 Å². The topological polar surface area (TPSA) is 53.9 Å². The Bertz CT molecular complexity index is 433. The van der Waals surface area contributed by atoms with Crippen LogP contribution >= 0.6 is 27.5 Å². The molecule has 1 aromatic rings. The number of nitrogens with one attached hydrogen (secondary N) is 1. The number of hydrogen-bond acceptors (Lipinski definition) is 5. The highest BCUT2D eigenvalue weighted by atomic mass is 79.9. The molecule has 2 heterocycles. The van der Waals surface area contributed by atoms with Crippen LogP contribution in [0, 0.1) is 0 Å². The number of rotatable bonds is 4. The van der Waals surface area contributed by atoms with Crippen LogP contribution in [0.25, 0.3) is 0 Å². The van der Waals surface area contributed by atoms with Gasteiger partial charge in [-0.3, -0.25) is 0 Å². The van der Waals surface area contributed by atoms with Crippen LogP contribution in [0.3, 0.4) is 0 Å². The first kappa shape index (κ1) is 13.5. The summed E-state index contributed by atoms with van der Waals surface area (Å²) in [4.78, 5) is 14.7. The van der Waals surface area contributed by atoms with E-state index in [0.717, 1.165) is 17.6 Å². The molecule has 0 unspecified atom stereocenters. The molecular weight excluding hydrogens is 318 g/mol. The minimum Gasteiger partial charge on any atom is -0.349 e. The zero-order chi connectivity index (χ0) is 13.0. The lowest BCUT2D eigenvalue weighted by atomic mass is 10.1.